The Balaban J connectivity index is 2.82. The summed E-state index contributed by atoms with van der Waals surface area (Å²) in [5.41, 5.74) is 5.82. The van der Waals surface area contributed by atoms with Crippen LogP contribution in [0.2, 0.25) is 0 Å². The summed E-state index contributed by atoms with van der Waals surface area (Å²) in [5.74, 6) is -0.184. The zero-order chi connectivity index (χ0) is 12.9. The SMILES string of the molecule is CS(=O)(=O)c1ccccc1CNC(=O)CCN. The summed E-state index contributed by atoms with van der Waals surface area (Å²) in [4.78, 5) is 11.5. The molecule has 6 heteroatoms. The van der Waals surface area contributed by atoms with Gasteiger partial charge in [-0.2, -0.15) is 0 Å². The first-order chi connectivity index (χ1) is 7.95. The molecule has 0 aliphatic carbocycles. The smallest absolute Gasteiger partial charge is 0.221 e. The van der Waals surface area contributed by atoms with Crippen LogP contribution in [0.4, 0.5) is 0 Å². The Morgan fingerprint density at radius 1 is 1.35 bits per heavy atom. The van der Waals surface area contributed by atoms with Crippen molar-refractivity contribution in [2.24, 2.45) is 5.73 Å². The molecule has 3 N–H and O–H groups in total. The molecule has 1 amide bonds. The largest absolute Gasteiger partial charge is 0.352 e. The van der Waals surface area contributed by atoms with Crippen molar-refractivity contribution in [1.82, 2.24) is 5.32 Å². The molecule has 0 aliphatic rings. The molecule has 0 heterocycles. The summed E-state index contributed by atoms with van der Waals surface area (Å²) in [6.45, 7) is 0.474. The number of rotatable bonds is 5. The molecule has 0 aromatic heterocycles. The first-order valence-electron chi connectivity index (χ1n) is 5.20. The molecular weight excluding hydrogens is 240 g/mol. The molecule has 17 heavy (non-hydrogen) atoms. The zero-order valence-corrected chi connectivity index (χ0v) is 10.5. The Morgan fingerprint density at radius 3 is 2.59 bits per heavy atom. The maximum Gasteiger partial charge on any atom is 0.221 e. The van der Waals surface area contributed by atoms with E-state index < -0.39 is 9.84 Å². The third-order valence-electron chi connectivity index (χ3n) is 2.22. The van der Waals surface area contributed by atoms with Crippen molar-refractivity contribution < 1.29 is 13.2 Å². The topological polar surface area (TPSA) is 89.3 Å². The van der Waals surface area contributed by atoms with Gasteiger partial charge in [0.15, 0.2) is 9.84 Å². The fourth-order valence-electron chi connectivity index (χ4n) is 1.42. The van der Waals surface area contributed by atoms with Crippen LogP contribution in [-0.2, 0) is 21.2 Å². The molecule has 0 spiro atoms. The predicted molar refractivity (Wildman–Crippen MR) is 65.1 cm³/mol. The summed E-state index contributed by atoms with van der Waals surface area (Å²) >= 11 is 0. The Morgan fingerprint density at radius 2 is 2.00 bits per heavy atom. The van der Waals surface area contributed by atoms with Crippen LogP contribution in [0.3, 0.4) is 0 Å². The second-order valence-electron chi connectivity index (χ2n) is 3.70. The normalized spacial score (nSPS) is 11.2. The van der Waals surface area contributed by atoms with Gasteiger partial charge in [0, 0.05) is 25.8 Å². The predicted octanol–water partition coefficient (Wildman–Crippen LogP) is 0.0551. The summed E-state index contributed by atoms with van der Waals surface area (Å²) in [6.07, 6.45) is 1.38. The van der Waals surface area contributed by atoms with E-state index in [1.165, 1.54) is 6.07 Å². The number of carbonyl (C=O) groups is 1. The Kier molecular flexibility index (Phi) is 4.65. The van der Waals surface area contributed by atoms with E-state index >= 15 is 0 Å². The van der Waals surface area contributed by atoms with Gasteiger partial charge < -0.3 is 11.1 Å². The molecule has 1 aromatic carbocycles. The van der Waals surface area contributed by atoms with E-state index in [4.69, 9.17) is 5.73 Å². The molecular formula is C11H16N2O3S. The van der Waals surface area contributed by atoms with Gasteiger partial charge in [-0.25, -0.2) is 8.42 Å². The molecule has 0 saturated heterocycles. The summed E-state index contributed by atoms with van der Waals surface area (Å²) < 4.78 is 23.0. The van der Waals surface area contributed by atoms with Gasteiger partial charge in [0.2, 0.25) is 5.91 Å². The van der Waals surface area contributed by atoms with E-state index in [1.54, 1.807) is 18.2 Å². The molecule has 0 radical (unpaired) electrons. The van der Waals surface area contributed by atoms with Gasteiger partial charge in [0.05, 0.1) is 4.90 Å². The molecule has 0 atom stereocenters. The molecule has 0 unspecified atom stereocenters. The van der Waals surface area contributed by atoms with Crippen LogP contribution >= 0.6 is 0 Å². The first-order valence-corrected chi connectivity index (χ1v) is 7.09. The van der Waals surface area contributed by atoms with Gasteiger partial charge in [0.1, 0.15) is 0 Å². The van der Waals surface area contributed by atoms with Crippen LogP contribution in [0.25, 0.3) is 0 Å². The number of amides is 1. The summed E-state index contributed by atoms with van der Waals surface area (Å²) in [6, 6.07) is 6.60. The highest BCUT2D eigenvalue weighted by molar-refractivity contribution is 7.90. The van der Waals surface area contributed by atoms with E-state index in [9.17, 15) is 13.2 Å². The highest BCUT2D eigenvalue weighted by Gasteiger charge is 2.12. The lowest BCUT2D eigenvalue weighted by atomic mass is 10.2. The average molecular weight is 256 g/mol. The number of nitrogens with two attached hydrogens (primary N) is 1. The first kappa shape index (κ1) is 13.7. The van der Waals surface area contributed by atoms with Crippen molar-refractivity contribution >= 4 is 15.7 Å². The standard InChI is InChI=1S/C11H16N2O3S/c1-17(15,16)10-5-3-2-4-9(10)8-13-11(14)6-7-12/h2-5H,6-8,12H2,1H3,(H,13,14). The van der Waals surface area contributed by atoms with E-state index in [0.29, 0.717) is 5.56 Å². The maximum absolute atomic E-state index is 11.5. The lowest BCUT2D eigenvalue weighted by Crippen LogP contribution is -2.25. The minimum absolute atomic E-state index is 0.184. The highest BCUT2D eigenvalue weighted by atomic mass is 32.2. The molecule has 1 aromatic rings. The van der Waals surface area contributed by atoms with E-state index in [-0.39, 0.29) is 30.3 Å². The van der Waals surface area contributed by atoms with E-state index in [2.05, 4.69) is 5.32 Å². The van der Waals surface area contributed by atoms with Gasteiger partial charge in [0.25, 0.3) is 0 Å². The van der Waals surface area contributed by atoms with Crippen LogP contribution in [0.1, 0.15) is 12.0 Å². The fraction of sp³-hybridized carbons (Fsp3) is 0.364. The van der Waals surface area contributed by atoms with Crippen LogP contribution in [0.15, 0.2) is 29.2 Å². The van der Waals surface area contributed by atoms with Gasteiger partial charge >= 0.3 is 0 Å². The Labute approximate surface area is 101 Å². The van der Waals surface area contributed by atoms with Crippen molar-refractivity contribution in [3.63, 3.8) is 0 Å². The monoisotopic (exact) mass is 256 g/mol. The highest BCUT2D eigenvalue weighted by Crippen LogP contribution is 2.14. The van der Waals surface area contributed by atoms with Crippen molar-refractivity contribution in [1.29, 1.82) is 0 Å². The number of sulfone groups is 1. The van der Waals surface area contributed by atoms with Gasteiger partial charge in [-0.05, 0) is 11.6 Å². The number of hydrogen-bond acceptors (Lipinski definition) is 4. The Hall–Kier alpha value is -1.40. The van der Waals surface area contributed by atoms with Crippen molar-refractivity contribution in [2.75, 3.05) is 12.8 Å². The molecule has 0 fully saturated rings. The second-order valence-corrected chi connectivity index (χ2v) is 5.68. The molecule has 0 bridgehead atoms. The molecule has 94 valence electrons. The molecule has 0 saturated carbocycles. The second kappa shape index (κ2) is 5.79. The fourth-order valence-corrected chi connectivity index (χ4v) is 2.37. The van der Waals surface area contributed by atoms with Gasteiger partial charge in [-0.1, -0.05) is 18.2 Å². The number of hydrogen-bond donors (Lipinski definition) is 2. The third-order valence-corrected chi connectivity index (χ3v) is 3.42. The molecule has 0 aliphatic heterocycles. The number of carbonyl (C=O) groups excluding carboxylic acids is 1. The number of nitrogens with one attached hydrogen (secondary N) is 1. The van der Waals surface area contributed by atoms with Crippen LogP contribution in [0.5, 0.6) is 0 Å². The van der Waals surface area contributed by atoms with Crippen LogP contribution in [0, 0.1) is 0 Å². The molecule has 1 rings (SSSR count). The average Bonchev–Trinajstić information content (AvgIpc) is 2.26. The van der Waals surface area contributed by atoms with Gasteiger partial charge in [-0.15, -0.1) is 0 Å². The minimum Gasteiger partial charge on any atom is -0.352 e. The van der Waals surface area contributed by atoms with Crippen LogP contribution < -0.4 is 11.1 Å². The Bertz CT molecular complexity index is 497. The lowest BCUT2D eigenvalue weighted by molar-refractivity contribution is -0.121. The van der Waals surface area contributed by atoms with Crippen LogP contribution in [-0.4, -0.2) is 27.1 Å². The lowest BCUT2D eigenvalue weighted by Gasteiger charge is -2.08. The van der Waals surface area contributed by atoms with E-state index in [0.717, 1.165) is 6.26 Å². The van der Waals surface area contributed by atoms with Crippen molar-refractivity contribution in [3.05, 3.63) is 29.8 Å². The maximum atomic E-state index is 11.5. The summed E-state index contributed by atoms with van der Waals surface area (Å²) in [7, 11) is -3.27. The molecule has 5 nitrogen and oxygen atoms in total. The minimum atomic E-state index is -3.27. The quantitative estimate of drug-likeness (QED) is 0.779. The third kappa shape index (κ3) is 4.16. The summed E-state index contributed by atoms with van der Waals surface area (Å²) in [5, 5.41) is 2.63. The number of benzene rings is 1. The van der Waals surface area contributed by atoms with Crippen molar-refractivity contribution in [3.8, 4) is 0 Å². The van der Waals surface area contributed by atoms with Gasteiger partial charge in [-0.3, -0.25) is 4.79 Å². The zero-order valence-electron chi connectivity index (χ0n) is 9.64. The van der Waals surface area contributed by atoms with E-state index in [1.807, 2.05) is 0 Å². The van der Waals surface area contributed by atoms with Crippen molar-refractivity contribution in [2.45, 2.75) is 17.9 Å².